The number of hydrogen-bond acceptors (Lipinski definition) is 4. The Morgan fingerprint density at radius 3 is 2.21 bits per heavy atom. The Balaban J connectivity index is 1.31. The number of benzene rings is 2. The second-order valence-corrected chi connectivity index (χ2v) is 11.1. The molecule has 0 aromatic heterocycles. The highest BCUT2D eigenvalue weighted by Gasteiger charge is 2.26. The number of hydrogen-bond donors (Lipinski definition) is 3. The first-order chi connectivity index (χ1) is 18.0. The van der Waals surface area contributed by atoms with E-state index in [0.717, 1.165) is 30.5 Å². The van der Waals surface area contributed by atoms with Gasteiger partial charge in [-0.25, -0.2) is 13.6 Å². The van der Waals surface area contributed by atoms with E-state index in [9.17, 15) is 23.2 Å². The molecule has 2 aromatic carbocycles. The van der Waals surface area contributed by atoms with Gasteiger partial charge in [0.2, 0.25) is 0 Å². The second kappa shape index (κ2) is 11.5. The lowest BCUT2D eigenvalue weighted by Crippen LogP contribution is -2.48. The van der Waals surface area contributed by atoms with Crippen LogP contribution in [-0.2, 0) is 6.54 Å². The molecule has 1 saturated carbocycles. The van der Waals surface area contributed by atoms with Crippen LogP contribution in [0.4, 0.5) is 19.3 Å². The summed E-state index contributed by atoms with van der Waals surface area (Å²) in [6.07, 6.45) is 2.08. The van der Waals surface area contributed by atoms with Crippen LogP contribution in [0.1, 0.15) is 59.9 Å². The number of nitrogens with zero attached hydrogens (tertiary/aromatic N) is 2. The molecule has 2 fully saturated rings. The van der Waals surface area contributed by atoms with Crippen molar-refractivity contribution in [2.45, 2.75) is 45.7 Å². The summed E-state index contributed by atoms with van der Waals surface area (Å²) in [5.74, 6) is -2.16. The maximum atomic E-state index is 14.6. The van der Waals surface area contributed by atoms with Crippen LogP contribution in [0.25, 0.3) is 0 Å². The SMILES string of the molecule is CC(C)(C)NC(=O)c1cccc(CN2CCN(C(=O)c3cc(F)c(NC(=O)NCC4CC4)c(F)c3)CC2)c1. The van der Waals surface area contributed by atoms with Crippen molar-refractivity contribution in [1.29, 1.82) is 0 Å². The lowest BCUT2D eigenvalue weighted by Gasteiger charge is -2.35. The molecule has 0 bridgehead atoms. The number of carbonyl (C=O) groups is 3. The summed E-state index contributed by atoms with van der Waals surface area (Å²) in [7, 11) is 0. The molecule has 1 aliphatic heterocycles. The maximum Gasteiger partial charge on any atom is 0.319 e. The molecule has 0 spiro atoms. The summed E-state index contributed by atoms with van der Waals surface area (Å²) < 4.78 is 29.2. The third kappa shape index (κ3) is 7.50. The van der Waals surface area contributed by atoms with Crippen molar-refractivity contribution in [3.8, 4) is 0 Å². The molecule has 4 amide bonds. The van der Waals surface area contributed by atoms with Gasteiger partial charge in [0.1, 0.15) is 5.69 Å². The lowest BCUT2D eigenvalue weighted by molar-refractivity contribution is 0.0627. The number of carbonyl (C=O) groups excluding carboxylic acids is 3. The van der Waals surface area contributed by atoms with Crippen molar-refractivity contribution in [3.05, 3.63) is 64.7 Å². The van der Waals surface area contributed by atoms with Gasteiger partial charge in [0.15, 0.2) is 11.6 Å². The summed E-state index contributed by atoms with van der Waals surface area (Å²) in [6.45, 7) is 8.83. The van der Waals surface area contributed by atoms with Crippen molar-refractivity contribution in [3.63, 3.8) is 0 Å². The first kappa shape index (κ1) is 27.5. The first-order valence-corrected chi connectivity index (χ1v) is 13.0. The predicted molar refractivity (Wildman–Crippen MR) is 141 cm³/mol. The van der Waals surface area contributed by atoms with E-state index in [2.05, 4.69) is 20.9 Å². The van der Waals surface area contributed by atoms with E-state index in [-0.39, 0.29) is 17.0 Å². The van der Waals surface area contributed by atoms with Crippen LogP contribution in [0.15, 0.2) is 36.4 Å². The fourth-order valence-corrected chi connectivity index (χ4v) is 4.31. The van der Waals surface area contributed by atoms with Gasteiger partial charge in [-0.2, -0.15) is 0 Å². The van der Waals surface area contributed by atoms with E-state index >= 15 is 0 Å². The minimum absolute atomic E-state index is 0.102. The van der Waals surface area contributed by atoms with Gasteiger partial charge in [-0.3, -0.25) is 14.5 Å². The summed E-state index contributed by atoms with van der Waals surface area (Å²) in [4.78, 5) is 41.1. The molecule has 10 heteroatoms. The van der Waals surface area contributed by atoms with Crippen molar-refractivity contribution in [1.82, 2.24) is 20.4 Å². The van der Waals surface area contributed by atoms with Gasteiger partial charge < -0.3 is 20.9 Å². The molecule has 2 aliphatic rings. The van der Waals surface area contributed by atoms with Gasteiger partial charge in [0.25, 0.3) is 11.8 Å². The fourth-order valence-electron chi connectivity index (χ4n) is 4.31. The standard InChI is InChI=1S/C28H35F2N5O3/c1-28(2,3)33-25(36)20-6-4-5-19(13-20)17-34-9-11-35(12-10-34)26(37)21-14-22(29)24(23(30)15-21)32-27(38)31-16-18-7-8-18/h4-6,13-15,18H,7-12,16-17H2,1-3H3,(H,33,36)(H2,31,32,38). The summed E-state index contributed by atoms with van der Waals surface area (Å²) >= 11 is 0. The quantitative estimate of drug-likeness (QED) is 0.508. The topological polar surface area (TPSA) is 93.8 Å². The van der Waals surface area contributed by atoms with Crippen LogP contribution >= 0.6 is 0 Å². The molecule has 204 valence electrons. The van der Waals surface area contributed by atoms with E-state index < -0.39 is 29.3 Å². The molecular formula is C28H35F2N5O3. The smallest absolute Gasteiger partial charge is 0.319 e. The molecule has 1 aliphatic carbocycles. The molecule has 3 N–H and O–H groups in total. The Labute approximate surface area is 221 Å². The lowest BCUT2D eigenvalue weighted by atomic mass is 10.1. The highest BCUT2D eigenvalue weighted by molar-refractivity contribution is 5.96. The van der Waals surface area contributed by atoms with Crippen molar-refractivity contribution in [2.75, 3.05) is 38.0 Å². The highest BCUT2D eigenvalue weighted by Crippen LogP contribution is 2.28. The maximum absolute atomic E-state index is 14.6. The number of nitrogens with one attached hydrogen (secondary N) is 3. The predicted octanol–water partition coefficient (Wildman–Crippen LogP) is 3.98. The van der Waals surface area contributed by atoms with E-state index in [1.807, 2.05) is 39.0 Å². The Kier molecular flexibility index (Phi) is 8.30. The molecule has 0 atom stereocenters. The number of rotatable bonds is 7. The van der Waals surface area contributed by atoms with Crippen LogP contribution in [0.2, 0.25) is 0 Å². The fraction of sp³-hybridized carbons (Fsp3) is 0.464. The van der Waals surface area contributed by atoms with Crippen molar-refractivity contribution >= 4 is 23.5 Å². The normalized spacial score (nSPS) is 16.2. The van der Waals surface area contributed by atoms with Crippen molar-refractivity contribution in [2.24, 2.45) is 5.92 Å². The van der Waals surface area contributed by atoms with Crippen LogP contribution in [0.3, 0.4) is 0 Å². The molecule has 2 aromatic rings. The van der Waals surface area contributed by atoms with Gasteiger partial charge in [0, 0.05) is 55.9 Å². The van der Waals surface area contributed by atoms with Crippen LogP contribution < -0.4 is 16.0 Å². The molecule has 1 heterocycles. The summed E-state index contributed by atoms with van der Waals surface area (Å²) in [5, 5.41) is 7.75. The van der Waals surface area contributed by atoms with Gasteiger partial charge in [-0.05, 0) is 69.4 Å². The van der Waals surface area contributed by atoms with E-state index in [1.54, 1.807) is 11.0 Å². The number of amides is 4. The summed E-state index contributed by atoms with van der Waals surface area (Å²) in [6, 6.07) is 8.70. The average molecular weight is 528 g/mol. The van der Waals surface area contributed by atoms with E-state index in [1.165, 1.54) is 0 Å². The van der Waals surface area contributed by atoms with Crippen LogP contribution in [-0.4, -0.2) is 65.9 Å². The van der Waals surface area contributed by atoms with Gasteiger partial charge in [-0.15, -0.1) is 0 Å². The Hall–Kier alpha value is -3.53. The second-order valence-electron chi connectivity index (χ2n) is 11.1. The monoisotopic (exact) mass is 527 g/mol. The first-order valence-electron chi connectivity index (χ1n) is 13.0. The molecule has 1 saturated heterocycles. The minimum Gasteiger partial charge on any atom is -0.347 e. The zero-order valence-electron chi connectivity index (χ0n) is 22.1. The van der Waals surface area contributed by atoms with E-state index in [4.69, 9.17) is 0 Å². The summed E-state index contributed by atoms with van der Waals surface area (Å²) in [5.41, 5.74) is 0.573. The Morgan fingerprint density at radius 1 is 0.947 bits per heavy atom. The zero-order chi connectivity index (χ0) is 27.4. The zero-order valence-corrected chi connectivity index (χ0v) is 22.1. The van der Waals surface area contributed by atoms with Gasteiger partial charge in [0.05, 0.1) is 0 Å². The van der Waals surface area contributed by atoms with Gasteiger partial charge in [-0.1, -0.05) is 12.1 Å². The molecule has 38 heavy (non-hydrogen) atoms. The molecular weight excluding hydrogens is 492 g/mol. The highest BCUT2D eigenvalue weighted by atomic mass is 19.1. The number of anilines is 1. The van der Waals surface area contributed by atoms with Crippen LogP contribution in [0, 0.1) is 17.6 Å². The Morgan fingerprint density at radius 2 is 1.61 bits per heavy atom. The minimum atomic E-state index is -0.996. The average Bonchev–Trinajstić information content (AvgIpc) is 3.69. The molecule has 8 nitrogen and oxygen atoms in total. The number of piperazine rings is 1. The number of urea groups is 1. The third-order valence-electron chi connectivity index (χ3n) is 6.52. The third-order valence-corrected chi connectivity index (χ3v) is 6.52. The molecule has 0 radical (unpaired) electrons. The van der Waals surface area contributed by atoms with Gasteiger partial charge >= 0.3 is 6.03 Å². The molecule has 4 rings (SSSR count). The Bertz CT molecular complexity index is 1180. The van der Waals surface area contributed by atoms with Crippen molar-refractivity contribution < 1.29 is 23.2 Å². The van der Waals surface area contributed by atoms with Crippen LogP contribution in [0.5, 0.6) is 0 Å². The number of halogens is 2. The molecule has 0 unspecified atom stereocenters. The van der Waals surface area contributed by atoms with E-state index in [0.29, 0.717) is 50.7 Å². The largest absolute Gasteiger partial charge is 0.347 e.